The second-order valence-electron chi connectivity index (χ2n) is 1.98. The zero-order valence-corrected chi connectivity index (χ0v) is 9.24. The molecule has 0 saturated carbocycles. The Morgan fingerprint density at radius 3 is 2.42 bits per heavy atom. The van der Waals surface area contributed by atoms with E-state index in [1.54, 1.807) is 22.6 Å². The van der Waals surface area contributed by atoms with Gasteiger partial charge >= 0.3 is 6.18 Å². The van der Waals surface area contributed by atoms with E-state index in [4.69, 9.17) is 0 Å². The Morgan fingerprint density at radius 1 is 1.42 bits per heavy atom. The van der Waals surface area contributed by atoms with E-state index in [0.717, 1.165) is 12.3 Å². The van der Waals surface area contributed by atoms with Gasteiger partial charge in [0.1, 0.15) is 3.70 Å². The number of alkyl halides is 3. The summed E-state index contributed by atoms with van der Waals surface area (Å²) in [5.74, 6) is 0. The Hall–Kier alpha value is 0.150. The van der Waals surface area contributed by atoms with Crippen molar-refractivity contribution in [2.24, 2.45) is 0 Å². The van der Waals surface area contributed by atoms with Crippen molar-refractivity contribution in [1.29, 1.82) is 0 Å². The Kier molecular flexibility index (Phi) is 2.97. The Balaban J connectivity index is 3.23. The lowest BCUT2D eigenvalue weighted by molar-refractivity contribution is -0.138. The van der Waals surface area contributed by atoms with Crippen LogP contribution in [0.4, 0.5) is 13.2 Å². The van der Waals surface area contributed by atoms with E-state index in [1.807, 2.05) is 0 Å². The monoisotopic (exact) mass is 351 g/mol. The zero-order chi connectivity index (χ0) is 9.35. The number of nitrogens with zero attached hydrogens (tertiary/aromatic N) is 1. The molecule has 1 aromatic rings. The second-order valence-corrected chi connectivity index (χ2v) is 3.94. The predicted octanol–water partition coefficient (Wildman–Crippen LogP) is 3.47. The van der Waals surface area contributed by atoms with Gasteiger partial charge in [-0.15, -0.1) is 0 Å². The summed E-state index contributed by atoms with van der Waals surface area (Å²) in [5.41, 5.74) is -0.693. The summed E-state index contributed by atoms with van der Waals surface area (Å²) in [7, 11) is 0. The molecule has 0 aliphatic rings. The van der Waals surface area contributed by atoms with E-state index in [1.165, 1.54) is 0 Å². The topological polar surface area (TPSA) is 12.9 Å². The first kappa shape index (κ1) is 10.2. The highest BCUT2D eigenvalue weighted by Gasteiger charge is 2.33. The highest BCUT2D eigenvalue weighted by Crippen LogP contribution is 2.34. The molecule has 0 atom stereocenters. The molecule has 1 aromatic heterocycles. The molecule has 0 spiro atoms. The normalized spacial score (nSPS) is 11.8. The van der Waals surface area contributed by atoms with Crippen molar-refractivity contribution < 1.29 is 13.2 Å². The van der Waals surface area contributed by atoms with E-state index >= 15 is 0 Å². The SMILES string of the molecule is FC(F)(F)c1cc(I)ncc1Br. The van der Waals surface area contributed by atoms with E-state index in [2.05, 4.69) is 20.9 Å². The smallest absolute Gasteiger partial charge is 0.249 e. The molecule has 0 aromatic carbocycles. The number of halogens is 5. The fourth-order valence-electron chi connectivity index (χ4n) is 0.630. The number of hydrogen-bond donors (Lipinski definition) is 0. The lowest BCUT2D eigenvalue weighted by atomic mass is 10.3. The molecule has 66 valence electrons. The van der Waals surface area contributed by atoms with Gasteiger partial charge in [-0.2, -0.15) is 13.2 Å². The maximum atomic E-state index is 12.2. The molecule has 0 fully saturated rings. The maximum absolute atomic E-state index is 12.2. The van der Waals surface area contributed by atoms with Crippen molar-refractivity contribution in [2.45, 2.75) is 6.18 Å². The first-order valence-corrected chi connectivity index (χ1v) is 4.66. The van der Waals surface area contributed by atoms with Gasteiger partial charge in [-0.1, -0.05) is 0 Å². The molecule has 0 radical (unpaired) electrons. The van der Waals surface area contributed by atoms with Crippen molar-refractivity contribution in [3.8, 4) is 0 Å². The lowest BCUT2D eigenvalue weighted by Crippen LogP contribution is -2.06. The van der Waals surface area contributed by atoms with Crippen LogP contribution in [0.2, 0.25) is 0 Å². The molecular formula is C6H2BrF3IN. The summed E-state index contributed by atoms with van der Waals surface area (Å²) in [5, 5.41) is 0. The average Bonchev–Trinajstić information content (AvgIpc) is 1.92. The van der Waals surface area contributed by atoms with Crippen molar-refractivity contribution in [3.63, 3.8) is 0 Å². The average molecular weight is 352 g/mol. The van der Waals surface area contributed by atoms with Crippen LogP contribution in [-0.4, -0.2) is 4.98 Å². The van der Waals surface area contributed by atoms with E-state index in [0.29, 0.717) is 3.70 Å². The van der Waals surface area contributed by atoms with Gasteiger partial charge in [0, 0.05) is 10.7 Å². The lowest BCUT2D eigenvalue weighted by Gasteiger charge is -2.07. The molecule has 0 unspecified atom stereocenters. The fourth-order valence-corrected chi connectivity index (χ4v) is 1.52. The van der Waals surface area contributed by atoms with Crippen molar-refractivity contribution in [2.75, 3.05) is 0 Å². The quantitative estimate of drug-likeness (QED) is 0.515. The molecule has 1 rings (SSSR count). The van der Waals surface area contributed by atoms with Crippen LogP contribution < -0.4 is 0 Å². The van der Waals surface area contributed by atoms with Gasteiger partial charge in [-0.3, -0.25) is 0 Å². The van der Waals surface area contributed by atoms with Gasteiger partial charge < -0.3 is 0 Å². The third-order valence-electron chi connectivity index (χ3n) is 1.13. The number of aromatic nitrogens is 1. The van der Waals surface area contributed by atoms with Crippen molar-refractivity contribution >= 4 is 38.5 Å². The molecule has 12 heavy (non-hydrogen) atoms. The second kappa shape index (κ2) is 3.49. The molecule has 0 aliphatic heterocycles. The predicted molar refractivity (Wildman–Crippen MR) is 49.7 cm³/mol. The van der Waals surface area contributed by atoms with Crippen LogP contribution in [0, 0.1) is 3.70 Å². The number of pyridine rings is 1. The maximum Gasteiger partial charge on any atom is 0.417 e. The minimum atomic E-state index is -4.32. The van der Waals surface area contributed by atoms with Crippen LogP contribution in [0.25, 0.3) is 0 Å². The first-order valence-electron chi connectivity index (χ1n) is 2.79. The van der Waals surface area contributed by atoms with Gasteiger partial charge in [0.2, 0.25) is 0 Å². The summed E-state index contributed by atoms with van der Waals surface area (Å²) in [6.07, 6.45) is -3.17. The van der Waals surface area contributed by atoms with Crippen molar-refractivity contribution in [3.05, 3.63) is 26.0 Å². The highest BCUT2D eigenvalue weighted by molar-refractivity contribution is 14.1. The van der Waals surface area contributed by atoms with E-state index in [9.17, 15) is 13.2 Å². The van der Waals surface area contributed by atoms with Crippen LogP contribution >= 0.6 is 38.5 Å². The van der Waals surface area contributed by atoms with Gasteiger partial charge in [0.15, 0.2) is 0 Å². The largest absolute Gasteiger partial charge is 0.417 e. The zero-order valence-electron chi connectivity index (χ0n) is 5.49. The van der Waals surface area contributed by atoms with Crippen LogP contribution in [-0.2, 0) is 6.18 Å². The molecule has 1 heterocycles. The molecular weight excluding hydrogens is 350 g/mol. The van der Waals surface area contributed by atoms with Gasteiger partial charge in [-0.05, 0) is 44.6 Å². The Bertz CT molecular complexity index is 299. The Labute approximate surface area is 88.6 Å². The molecule has 0 bridgehead atoms. The van der Waals surface area contributed by atoms with E-state index in [-0.39, 0.29) is 4.47 Å². The van der Waals surface area contributed by atoms with Crippen LogP contribution in [0.3, 0.4) is 0 Å². The molecule has 0 N–H and O–H groups in total. The molecule has 6 heteroatoms. The highest BCUT2D eigenvalue weighted by atomic mass is 127. The van der Waals surface area contributed by atoms with Gasteiger partial charge in [0.05, 0.1) is 5.56 Å². The van der Waals surface area contributed by atoms with Gasteiger partial charge in [-0.25, -0.2) is 4.98 Å². The number of hydrogen-bond acceptors (Lipinski definition) is 1. The van der Waals surface area contributed by atoms with Crippen LogP contribution in [0.1, 0.15) is 5.56 Å². The van der Waals surface area contributed by atoms with Crippen LogP contribution in [0.15, 0.2) is 16.7 Å². The van der Waals surface area contributed by atoms with Gasteiger partial charge in [0.25, 0.3) is 0 Å². The summed E-state index contributed by atoms with van der Waals surface area (Å²) in [6.45, 7) is 0. The molecule has 0 saturated heterocycles. The third-order valence-corrected chi connectivity index (χ3v) is 2.35. The summed E-state index contributed by atoms with van der Waals surface area (Å²) in [4.78, 5) is 3.69. The standard InChI is InChI=1S/C6H2BrF3IN/c7-4-2-12-5(11)1-3(4)6(8,9)10/h1-2H. The third kappa shape index (κ3) is 2.32. The summed E-state index contributed by atoms with van der Waals surface area (Å²) in [6, 6.07) is 0.991. The minimum absolute atomic E-state index is 0.0320. The van der Waals surface area contributed by atoms with Crippen LogP contribution in [0.5, 0.6) is 0 Å². The molecule has 0 amide bonds. The van der Waals surface area contributed by atoms with Crippen molar-refractivity contribution in [1.82, 2.24) is 4.98 Å². The minimum Gasteiger partial charge on any atom is -0.249 e. The summed E-state index contributed by atoms with van der Waals surface area (Å²) < 4.78 is 36.8. The fraction of sp³-hybridized carbons (Fsp3) is 0.167. The first-order chi connectivity index (χ1) is 5.41. The molecule has 1 nitrogen and oxygen atoms in total. The van der Waals surface area contributed by atoms with E-state index < -0.39 is 11.7 Å². The summed E-state index contributed by atoms with van der Waals surface area (Å²) >= 11 is 4.51. The molecule has 0 aliphatic carbocycles. The number of rotatable bonds is 0. The Morgan fingerprint density at radius 2 is 2.00 bits per heavy atom.